The molecule has 0 aliphatic carbocycles. The topological polar surface area (TPSA) is 72.5 Å². The van der Waals surface area contributed by atoms with Crippen LogP contribution in [0.25, 0.3) is 0 Å². The number of carbonyl (C=O) groups excluding carboxylic acids is 2. The average molecular weight is 418 g/mol. The summed E-state index contributed by atoms with van der Waals surface area (Å²) in [5, 5.41) is 7.13. The van der Waals surface area contributed by atoms with Crippen molar-refractivity contribution >= 4 is 23.3 Å². The molecule has 1 atom stereocenters. The van der Waals surface area contributed by atoms with Gasteiger partial charge >= 0.3 is 6.03 Å². The number of para-hydroxylation sites is 2. The van der Waals surface area contributed by atoms with Crippen LogP contribution in [0.5, 0.6) is 0 Å². The van der Waals surface area contributed by atoms with E-state index < -0.39 is 0 Å². The van der Waals surface area contributed by atoms with Crippen molar-refractivity contribution in [1.29, 1.82) is 0 Å². The summed E-state index contributed by atoms with van der Waals surface area (Å²) in [7, 11) is 3.46. The summed E-state index contributed by atoms with van der Waals surface area (Å²) in [5.74, 6) is -0.0464. The summed E-state index contributed by atoms with van der Waals surface area (Å²) >= 11 is 0. The van der Waals surface area contributed by atoms with Crippen LogP contribution in [-0.4, -0.2) is 59.1 Å². The molecule has 4 rings (SSSR count). The number of hydrogen-bond donors (Lipinski definition) is 1. The fourth-order valence-electron chi connectivity index (χ4n) is 4.07. The van der Waals surface area contributed by atoms with Crippen LogP contribution in [0.15, 0.2) is 66.9 Å². The normalized spacial score (nSPS) is 16.1. The minimum absolute atomic E-state index is 0.0347. The Morgan fingerprint density at radius 3 is 2.19 bits per heavy atom. The summed E-state index contributed by atoms with van der Waals surface area (Å²) in [4.78, 5) is 31.4. The van der Waals surface area contributed by atoms with Gasteiger partial charge in [-0.15, -0.1) is 0 Å². The van der Waals surface area contributed by atoms with Crippen molar-refractivity contribution < 1.29 is 9.59 Å². The molecule has 0 saturated carbocycles. The Morgan fingerprint density at radius 2 is 1.61 bits per heavy atom. The van der Waals surface area contributed by atoms with Crippen molar-refractivity contribution in [3.05, 3.63) is 78.1 Å². The van der Waals surface area contributed by atoms with Gasteiger partial charge in [0.1, 0.15) is 0 Å². The molecule has 0 bridgehead atoms. The van der Waals surface area contributed by atoms with Gasteiger partial charge in [0.2, 0.25) is 0 Å². The van der Waals surface area contributed by atoms with E-state index in [-0.39, 0.29) is 17.9 Å². The van der Waals surface area contributed by atoms with E-state index in [9.17, 15) is 9.59 Å². The summed E-state index contributed by atoms with van der Waals surface area (Å²) in [6.07, 6.45) is 3.34. The second-order valence-corrected chi connectivity index (χ2v) is 7.97. The Hall–Kier alpha value is -3.61. The van der Waals surface area contributed by atoms with Gasteiger partial charge < -0.3 is 9.80 Å². The van der Waals surface area contributed by atoms with Gasteiger partial charge in [-0.05, 0) is 37.1 Å². The van der Waals surface area contributed by atoms with Crippen LogP contribution in [-0.2, 0) is 0 Å². The number of nitrogens with zero attached hydrogens (tertiary/aromatic N) is 4. The van der Waals surface area contributed by atoms with Crippen LogP contribution >= 0.6 is 0 Å². The first-order valence-corrected chi connectivity index (χ1v) is 10.5. The molecule has 0 unspecified atom stereocenters. The van der Waals surface area contributed by atoms with Crippen molar-refractivity contribution in [2.45, 2.75) is 18.8 Å². The summed E-state index contributed by atoms with van der Waals surface area (Å²) in [6, 6.07) is 19.3. The first-order chi connectivity index (χ1) is 15.1. The number of anilines is 2. The molecule has 1 saturated heterocycles. The molecular formula is C24H27N5O2. The molecule has 160 valence electrons. The average Bonchev–Trinajstić information content (AvgIpc) is 3.30. The lowest BCUT2D eigenvalue weighted by atomic mass is 9.92. The van der Waals surface area contributed by atoms with Crippen molar-refractivity contribution in [2.75, 3.05) is 32.1 Å². The predicted octanol–water partition coefficient (Wildman–Crippen LogP) is 4.25. The fraction of sp³-hybridized carbons (Fsp3) is 0.292. The molecule has 1 aliphatic heterocycles. The highest BCUT2D eigenvalue weighted by Crippen LogP contribution is 2.32. The molecule has 1 aromatic heterocycles. The van der Waals surface area contributed by atoms with Crippen molar-refractivity contribution in [1.82, 2.24) is 20.0 Å². The third kappa shape index (κ3) is 4.30. The SMILES string of the molecule is CN(C)C(=O)c1cn[nH]c1[C@H]1CCCN(C(=O)N(c2ccccc2)c2ccccc2)C1. The molecular weight excluding hydrogens is 390 g/mol. The van der Waals surface area contributed by atoms with Crippen LogP contribution in [0.1, 0.15) is 34.8 Å². The van der Waals surface area contributed by atoms with E-state index >= 15 is 0 Å². The number of likely N-dealkylation sites (tertiary alicyclic amines) is 1. The Bertz CT molecular complexity index is 993. The molecule has 3 amide bonds. The Kier molecular flexibility index (Phi) is 6.02. The zero-order valence-electron chi connectivity index (χ0n) is 17.9. The standard InChI is InChI=1S/C24H27N5O2/c1-27(2)23(30)21-16-25-26-22(21)18-10-9-15-28(17-18)24(31)29(19-11-5-3-6-12-19)20-13-7-4-8-14-20/h3-8,11-14,16,18H,9-10,15,17H2,1-2H3,(H,25,26)/t18-/m0/s1. The number of H-pyrrole nitrogens is 1. The molecule has 31 heavy (non-hydrogen) atoms. The van der Waals surface area contributed by atoms with Gasteiger partial charge in [0.25, 0.3) is 5.91 Å². The number of amides is 3. The first kappa shape index (κ1) is 20.7. The highest BCUT2D eigenvalue weighted by atomic mass is 16.2. The van der Waals surface area contributed by atoms with Gasteiger partial charge in [0.05, 0.1) is 28.8 Å². The number of aromatic nitrogens is 2. The van der Waals surface area contributed by atoms with Crippen LogP contribution < -0.4 is 4.90 Å². The Labute approximate surface area is 182 Å². The van der Waals surface area contributed by atoms with E-state index in [0.717, 1.165) is 29.9 Å². The maximum Gasteiger partial charge on any atom is 0.329 e. The van der Waals surface area contributed by atoms with Crippen LogP contribution in [0, 0.1) is 0 Å². The lowest BCUT2D eigenvalue weighted by Gasteiger charge is -2.36. The van der Waals surface area contributed by atoms with Gasteiger partial charge in [-0.3, -0.25) is 14.8 Å². The van der Waals surface area contributed by atoms with Gasteiger partial charge in [-0.2, -0.15) is 5.10 Å². The maximum atomic E-state index is 13.7. The van der Waals surface area contributed by atoms with E-state index in [4.69, 9.17) is 0 Å². The molecule has 3 aromatic rings. The van der Waals surface area contributed by atoms with E-state index in [1.54, 1.807) is 30.1 Å². The number of nitrogens with one attached hydrogen (secondary N) is 1. The van der Waals surface area contributed by atoms with Crippen molar-refractivity contribution in [2.24, 2.45) is 0 Å². The van der Waals surface area contributed by atoms with Gasteiger partial charge in [-0.1, -0.05) is 36.4 Å². The van der Waals surface area contributed by atoms with Gasteiger partial charge in [-0.25, -0.2) is 4.79 Å². The molecule has 7 nitrogen and oxygen atoms in total. The fourth-order valence-corrected chi connectivity index (χ4v) is 4.07. The number of urea groups is 1. The number of benzene rings is 2. The van der Waals surface area contributed by atoms with Crippen LogP contribution in [0.2, 0.25) is 0 Å². The zero-order valence-corrected chi connectivity index (χ0v) is 17.9. The molecule has 2 aromatic carbocycles. The second kappa shape index (κ2) is 9.04. The number of piperidine rings is 1. The lowest BCUT2D eigenvalue weighted by molar-refractivity contribution is 0.0825. The number of carbonyl (C=O) groups is 2. The van der Waals surface area contributed by atoms with Crippen molar-refractivity contribution in [3.63, 3.8) is 0 Å². The van der Waals surface area contributed by atoms with Gasteiger partial charge in [0, 0.05) is 33.1 Å². The smallest absolute Gasteiger partial charge is 0.329 e. The number of rotatable bonds is 4. The minimum Gasteiger partial charge on any atom is -0.345 e. The van der Waals surface area contributed by atoms with E-state index in [1.165, 1.54) is 0 Å². The van der Waals surface area contributed by atoms with E-state index in [1.807, 2.05) is 65.6 Å². The predicted molar refractivity (Wildman–Crippen MR) is 121 cm³/mol. The molecule has 1 aliphatic rings. The summed E-state index contributed by atoms with van der Waals surface area (Å²) < 4.78 is 0. The zero-order chi connectivity index (χ0) is 21.8. The second-order valence-electron chi connectivity index (χ2n) is 7.97. The van der Waals surface area contributed by atoms with Crippen LogP contribution in [0.4, 0.5) is 16.2 Å². The summed E-state index contributed by atoms with van der Waals surface area (Å²) in [6.45, 7) is 1.21. The maximum absolute atomic E-state index is 13.7. The lowest BCUT2D eigenvalue weighted by Crippen LogP contribution is -2.45. The molecule has 2 heterocycles. The molecule has 1 N–H and O–H groups in total. The van der Waals surface area contributed by atoms with Gasteiger partial charge in [0.15, 0.2) is 0 Å². The Balaban J connectivity index is 1.61. The first-order valence-electron chi connectivity index (χ1n) is 10.5. The minimum atomic E-state index is -0.0811. The van der Waals surface area contributed by atoms with E-state index in [0.29, 0.717) is 18.7 Å². The van der Waals surface area contributed by atoms with E-state index in [2.05, 4.69) is 10.2 Å². The highest BCUT2D eigenvalue weighted by Gasteiger charge is 2.32. The number of hydrogen-bond acceptors (Lipinski definition) is 3. The molecule has 1 fully saturated rings. The van der Waals surface area contributed by atoms with Crippen molar-refractivity contribution in [3.8, 4) is 0 Å². The molecule has 0 spiro atoms. The third-order valence-corrected chi connectivity index (χ3v) is 5.63. The largest absolute Gasteiger partial charge is 0.345 e. The third-order valence-electron chi connectivity index (χ3n) is 5.63. The monoisotopic (exact) mass is 417 g/mol. The Morgan fingerprint density at radius 1 is 1.00 bits per heavy atom. The number of aromatic amines is 1. The quantitative estimate of drug-likeness (QED) is 0.690. The highest BCUT2D eigenvalue weighted by molar-refractivity contribution is 5.99. The van der Waals surface area contributed by atoms with Crippen LogP contribution in [0.3, 0.4) is 0 Å². The molecule has 7 heteroatoms. The summed E-state index contributed by atoms with van der Waals surface area (Å²) in [5.41, 5.74) is 3.03. The molecule has 0 radical (unpaired) electrons.